The molecule has 306 valence electrons. The van der Waals surface area contributed by atoms with Crippen molar-refractivity contribution in [2.45, 2.75) is 96.1 Å². The number of rotatable bonds is 19. The summed E-state index contributed by atoms with van der Waals surface area (Å²) in [7, 11) is -2.97. The van der Waals surface area contributed by atoms with Crippen LogP contribution in [0.2, 0.25) is 0 Å². The third-order valence-corrected chi connectivity index (χ3v) is 12.9. The second-order valence-corrected chi connectivity index (χ2v) is 18.0. The second-order valence-electron chi connectivity index (χ2n) is 15.5. The number of fused-ring (bicyclic) bond motifs is 1. The number of alkyl carbamates (subject to hydrolysis) is 1. The Balaban J connectivity index is 1.41. The standard InChI is InChI=1S/C43H56N5O8P/c1-29(2)21-34(42(51)55-3)27-57(53,54)39(22-30-13-6-4-7-14-30)48-41(50)38(24-35-25-44-28-45-35)46-40(49)37(47-43(52)56-26-31-15-8-5-9-16-31)23-33-19-12-18-32-17-10-11-20-36(32)33/h5,8-12,15-20,25,28-30,34,37-39H,4,6-7,13-14,21-24,26-27H2,1-3H3,(H,44,45)(H,46,49)(H,47,52)(H,48,50)(H,53,54)/t34?,37?,38-,39?/m0/s1. The molecule has 5 atom stereocenters. The van der Waals surface area contributed by atoms with E-state index in [1.807, 2.05) is 86.6 Å². The predicted molar refractivity (Wildman–Crippen MR) is 218 cm³/mol. The summed E-state index contributed by atoms with van der Waals surface area (Å²) in [5.74, 6) is -3.76. The van der Waals surface area contributed by atoms with E-state index in [1.165, 1.54) is 19.6 Å². The molecule has 4 unspecified atom stereocenters. The van der Waals surface area contributed by atoms with Gasteiger partial charge < -0.3 is 35.3 Å². The molecule has 13 nitrogen and oxygen atoms in total. The summed E-state index contributed by atoms with van der Waals surface area (Å²) in [6.07, 6.45) is 7.22. The zero-order valence-corrected chi connectivity index (χ0v) is 33.9. The topological polar surface area (TPSA) is 189 Å². The van der Waals surface area contributed by atoms with E-state index < -0.39 is 55.0 Å². The highest BCUT2D eigenvalue weighted by Gasteiger charge is 2.40. The molecule has 0 saturated heterocycles. The number of nitrogens with one attached hydrogen (secondary N) is 4. The maximum absolute atomic E-state index is 14.4. The number of aromatic nitrogens is 2. The molecule has 1 aromatic heterocycles. The molecule has 0 spiro atoms. The van der Waals surface area contributed by atoms with E-state index >= 15 is 0 Å². The van der Waals surface area contributed by atoms with Gasteiger partial charge in [0, 0.05) is 30.9 Å². The number of amides is 3. The number of benzene rings is 3. The van der Waals surface area contributed by atoms with Gasteiger partial charge in [0.05, 0.1) is 19.4 Å². The van der Waals surface area contributed by atoms with Gasteiger partial charge in [0.15, 0.2) is 0 Å². The third-order valence-electron chi connectivity index (χ3n) is 10.6. The number of esters is 1. The Morgan fingerprint density at radius 1 is 0.877 bits per heavy atom. The lowest BCUT2D eigenvalue weighted by molar-refractivity contribution is -0.145. The van der Waals surface area contributed by atoms with E-state index in [2.05, 4.69) is 25.9 Å². The van der Waals surface area contributed by atoms with Gasteiger partial charge in [0.25, 0.3) is 0 Å². The number of carbonyl (C=O) groups excluding carboxylic acids is 4. The molecule has 4 aromatic rings. The number of aromatic amines is 1. The average Bonchev–Trinajstić information content (AvgIpc) is 3.72. The fraction of sp³-hybridized carbons (Fsp3) is 0.465. The van der Waals surface area contributed by atoms with Gasteiger partial charge in [-0.15, -0.1) is 0 Å². The van der Waals surface area contributed by atoms with Gasteiger partial charge in [0.2, 0.25) is 19.2 Å². The molecular formula is C43H56N5O8P. The van der Waals surface area contributed by atoms with Gasteiger partial charge in [-0.05, 0) is 46.6 Å². The van der Waals surface area contributed by atoms with E-state index in [1.54, 1.807) is 0 Å². The third kappa shape index (κ3) is 13.0. The maximum Gasteiger partial charge on any atom is 0.408 e. The Morgan fingerprint density at radius 3 is 2.26 bits per heavy atom. The van der Waals surface area contributed by atoms with Crippen molar-refractivity contribution in [3.8, 4) is 0 Å². The molecular weight excluding hydrogens is 745 g/mol. The summed E-state index contributed by atoms with van der Waals surface area (Å²) in [6.45, 7) is 3.83. The first-order chi connectivity index (χ1) is 27.4. The Morgan fingerprint density at radius 2 is 1.56 bits per heavy atom. The Hall–Kier alpha value is -5.00. The first-order valence-electron chi connectivity index (χ1n) is 19.8. The fourth-order valence-electron chi connectivity index (χ4n) is 7.66. The normalized spacial score (nSPS) is 16.4. The van der Waals surface area contributed by atoms with Crippen molar-refractivity contribution in [1.82, 2.24) is 25.9 Å². The number of hydrogen-bond acceptors (Lipinski definition) is 8. The zero-order chi connectivity index (χ0) is 40.8. The molecule has 3 aromatic carbocycles. The van der Waals surface area contributed by atoms with Crippen LogP contribution in [0, 0.1) is 17.8 Å². The van der Waals surface area contributed by atoms with E-state index in [0.717, 1.165) is 54.0 Å². The van der Waals surface area contributed by atoms with Crippen molar-refractivity contribution in [2.24, 2.45) is 17.8 Å². The SMILES string of the molecule is COC(=O)C(CC(C)C)CP(=O)(O)C(CC1CCCCC1)NC(=O)[C@H](Cc1cnc[nH]1)NC(=O)C(Cc1cccc2ccccc12)NC(=O)OCc1ccccc1. The van der Waals surface area contributed by atoms with Crippen LogP contribution in [0.5, 0.6) is 0 Å². The molecule has 1 fully saturated rings. The first kappa shape index (κ1) is 43.1. The molecule has 3 amide bonds. The monoisotopic (exact) mass is 801 g/mol. The van der Waals surface area contributed by atoms with Crippen LogP contribution in [-0.2, 0) is 47.9 Å². The average molecular weight is 802 g/mol. The number of ether oxygens (including phenoxy) is 2. The van der Waals surface area contributed by atoms with Crippen LogP contribution in [-0.4, -0.2) is 69.9 Å². The van der Waals surface area contributed by atoms with Crippen LogP contribution in [0.3, 0.4) is 0 Å². The Labute approximate surface area is 334 Å². The van der Waals surface area contributed by atoms with Gasteiger partial charge in [-0.25, -0.2) is 9.78 Å². The smallest absolute Gasteiger partial charge is 0.408 e. The zero-order valence-electron chi connectivity index (χ0n) is 33.0. The number of imidazole rings is 1. The molecule has 1 aliphatic rings. The number of methoxy groups -OCH3 is 1. The van der Waals surface area contributed by atoms with Crippen molar-refractivity contribution < 1.29 is 38.1 Å². The molecule has 5 rings (SSSR count). The predicted octanol–water partition coefficient (Wildman–Crippen LogP) is 6.65. The molecule has 0 radical (unpaired) electrons. The van der Waals surface area contributed by atoms with E-state index in [4.69, 9.17) is 9.47 Å². The van der Waals surface area contributed by atoms with Gasteiger partial charge >= 0.3 is 12.1 Å². The van der Waals surface area contributed by atoms with E-state index in [9.17, 15) is 28.6 Å². The van der Waals surface area contributed by atoms with Crippen molar-refractivity contribution in [3.63, 3.8) is 0 Å². The van der Waals surface area contributed by atoms with Gasteiger partial charge in [-0.3, -0.25) is 18.9 Å². The molecule has 14 heteroatoms. The van der Waals surface area contributed by atoms with Crippen LogP contribution in [0.4, 0.5) is 4.79 Å². The highest BCUT2D eigenvalue weighted by Crippen LogP contribution is 2.51. The van der Waals surface area contributed by atoms with Gasteiger partial charge in [0.1, 0.15) is 24.5 Å². The largest absolute Gasteiger partial charge is 0.469 e. The summed E-state index contributed by atoms with van der Waals surface area (Å²) in [4.78, 5) is 73.6. The highest BCUT2D eigenvalue weighted by molar-refractivity contribution is 7.58. The van der Waals surface area contributed by atoms with Crippen LogP contribution >= 0.6 is 7.37 Å². The summed E-state index contributed by atoms with van der Waals surface area (Å²) >= 11 is 0. The lowest BCUT2D eigenvalue weighted by Gasteiger charge is -2.32. The van der Waals surface area contributed by atoms with Crippen molar-refractivity contribution in [2.75, 3.05) is 13.3 Å². The summed E-state index contributed by atoms with van der Waals surface area (Å²) in [5, 5.41) is 10.3. The van der Waals surface area contributed by atoms with Crippen molar-refractivity contribution in [3.05, 3.63) is 102 Å². The quantitative estimate of drug-likeness (QED) is 0.0511. The molecule has 5 N–H and O–H groups in total. The van der Waals surface area contributed by atoms with Crippen LogP contribution < -0.4 is 16.0 Å². The summed E-state index contributed by atoms with van der Waals surface area (Å²) in [5.41, 5.74) is 2.10. The van der Waals surface area contributed by atoms with Crippen LogP contribution in [0.15, 0.2) is 85.3 Å². The van der Waals surface area contributed by atoms with Crippen molar-refractivity contribution >= 4 is 42.0 Å². The molecule has 57 heavy (non-hydrogen) atoms. The summed E-state index contributed by atoms with van der Waals surface area (Å²) < 4.78 is 24.9. The number of hydrogen-bond donors (Lipinski definition) is 5. The Bertz CT molecular complexity index is 1960. The lowest BCUT2D eigenvalue weighted by Crippen LogP contribution is -2.56. The maximum atomic E-state index is 14.4. The van der Waals surface area contributed by atoms with Gasteiger partial charge in [-0.1, -0.05) is 119 Å². The van der Waals surface area contributed by atoms with Crippen LogP contribution in [0.1, 0.15) is 75.6 Å². The summed E-state index contributed by atoms with van der Waals surface area (Å²) in [6, 6.07) is 20.2. The second kappa shape index (κ2) is 21.0. The number of nitrogens with zero attached hydrogens (tertiary/aromatic N) is 1. The van der Waals surface area contributed by atoms with E-state index in [-0.39, 0.29) is 43.9 Å². The van der Waals surface area contributed by atoms with Gasteiger partial charge in [-0.2, -0.15) is 0 Å². The fourth-order valence-corrected chi connectivity index (χ4v) is 9.80. The molecule has 1 saturated carbocycles. The van der Waals surface area contributed by atoms with Crippen LogP contribution in [0.25, 0.3) is 10.8 Å². The molecule has 0 aliphatic heterocycles. The number of H-pyrrole nitrogens is 1. The van der Waals surface area contributed by atoms with E-state index in [0.29, 0.717) is 12.1 Å². The molecule has 0 bridgehead atoms. The molecule has 1 aliphatic carbocycles. The minimum atomic E-state index is -4.23. The minimum absolute atomic E-state index is 0.0161. The van der Waals surface area contributed by atoms with Crippen molar-refractivity contribution in [1.29, 1.82) is 0 Å². The first-order valence-corrected chi connectivity index (χ1v) is 21.7. The Kier molecular flexibility index (Phi) is 15.9. The highest BCUT2D eigenvalue weighted by atomic mass is 31.2. The lowest BCUT2D eigenvalue weighted by atomic mass is 9.87. The molecule has 1 heterocycles. The number of carbonyl (C=O) groups is 4. The minimum Gasteiger partial charge on any atom is -0.469 e.